The quantitative estimate of drug-likeness (QED) is 0.244. The molecule has 6 nitrogen and oxygen atoms in total. The molecule has 0 saturated carbocycles. The summed E-state index contributed by atoms with van der Waals surface area (Å²) in [7, 11) is 0. The molecule has 0 radical (unpaired) electrons. The molecule has 3 aromatic carbocycles. The zero-order chi connectivity index (χ0) is 23.7. The van der Waals surface area contributed by atoms with Gasteiger partial charge in [0, 0.05) is 4.47 Å². The van der Waals surface area contributed by atoms with Gasteiger partial charge in [0.05, 0.1) is 16.8 Å². The van der Waals surface area contributed by atoms with E-state index in [-0.39, 0.29) is 24.3 Å². The van der Waals surface area contributed by atoms with Crippen LogP contribution < -0.4 is 14.4 Å². The van der Waals surface area contributed by atoms with Crippen LogP contribution in [-0.4, -0.2) is 24.4 Å². The highest BCUT2D eigenvalue weighted by atomic mass is 79.9. The van der Waals surface area contributed by atoms with Gasteiger partial charge >= 0.3 is 5.97 Å². The first kappa shape index (κ1) is 22.7. The van der Waals surface area contributed by atoms with Crippen molar-refractivity contribution in [3.63, 3.8) is 0 Å². The van der Waals surface area contributed by atoms with Crippen molar-refractivity contribution < 1.29 is 23.9 Å². The second-order valence-electron chi connectivity index (χ2n) is 8.04. The number of carbonyl (C=O) groups is 3. The van der Waals surface area contributed by atoms with E-state index in [9.17, 15) is 14.4 Å². The monoisotopic (exact) mass is 507 g/mol. The van der Waals surface area contributed by atoms with Crippen LogP contribution in [0.25, 0.3) is 0 Å². The van der Waals surface area contributed by atoms with Crippen LogP contribution in [0.15, 0.2) is 65.1 Å². The molecule has 0 aromatic heterocycles. The van der Waals surface area contributed by atoms with Crippen LogP contribution in [0.3, 0.4) is 0 Å². The number of carbonyl (C=O) groups excluding carboxylic acids is 3. The molecule has 0 saturated heterocycles. The van der Waals surface area contributed by atoms with E-state index in [0.717, 1.165) is 20.5 Å². The van der Waals surface area contributed by atoms with Gasteiger partial charge in [0.15, 0.2) is 6.61 Å². The number of anilines is 1. The molecule has 0 atom stereocenters. The van der Waals surface area contributed by atoms with Gasteiger partial charge in [0.25, 0.3) is 11.8 Å². The number of benzene rings is 3. The van der Waals surface area contributed by atoms with Crippen LogP contribution in [0.2, 0.25) is 0 Å². The lowest BCUT2D eigenvalue weighted by Gasteiger charge is -2.16. The topological polar surface area (TPSA) is 72.9 Å². The lowest BCUT2D eigenvalue weighted by molar-refractivity contribution is -0.136. The van der Waals surface area contributed by atoms with E-state index in [1.165, 1.54) is 0 Å². The molecule has 3 aromatic rings. The molecule has 2 amide bonds. The van der Waals surface area contributed by atoms with Gasteiger partial charge in [-0.3, -0.25) is 9.59 Å². The first-order valence-electron chi connectivity index (χ1n) is 10.5. The van der Waals surface area contributed by atoms with Crippen LogP contribution in [0, 0.1) is 6.92 Å². The van der Waals surface area contributed by atoms with Crippen molar-refractivity contribution in [3.05, 3.63) is 87.4 Å². The third-order valence-electron chi connectivity index (χ3n) is 5.38. The Morgan fingerprint density at radius 3 is 2.15 bits per heavy atom. The fourth-order valence-electron chi connectivity index (χ4n) is 3.63. The first-order valence-corrected chi connectivity index (χ1v) is 11.3. The standard InChI is InChI=1S/C26H22BrNO5/c1-15(2)21-13-22(27)16(3)12-23(21)32-14-24(29)33-18-10-8-17(9-11-18)28-25(30)19-6-4-5-7-20(19)26(28)31/h4-13,15H,14H2,1-3H3. The molecule has 7 heteroatoms. The molecular formula is C26H22BrNO5. The van der Waals surface area contributed by atoms with Gasteiger partial charge in [-0.15, -0.1) is 0 Å². The minimum Gasteiger partial charge on any atom is -0.482 e. The predicted molar refractivity (Wildman–Crippen MR) is 128 cm³/mol. The fraction of sp³-hybridized carbons (Fsp3) is 0.192. The molecule has 4 rings (SSSR count). The molecular weight excluding hydrogens is 486 g/mol. The molecule has 0 bridgehead atoms. The van der Waals surface area contributed by atoms with Crippen molar-refractivity contribution in [1.29, 1.82) is 0 Å². The fourth-order valence-corrected chi connectivity index (χ4v) is 3.99. The van der Waals surface area contributed by atoms with Gasteiger partial charge in [-0.25, -0.2) is 9.69 Å². The third kappa shape index (κ3) is 4.54. The van der Waals surface area contributed by atoms with Crippen molar-refractivity contribution in [1.82, 2.24) is 0 Å². The Kier molecular flexibility index (Phi) is 6.33. The highest BCUT2D eigenvalue weighted by molar-refractivity contribution is 9.10. The number of ether oxygens (including phenoxy) is 2. The summed E-state index contributed by atoms with van der Waals surface area (Å²) in [6.07, 6.45) is 0. The van der Waals surface area contributed by atoms with Crippen LogP contribution in [0.5, 0.6) is 11.5 Å². The van der Waals surface area contributed by atoms with Gasteiger partial charge in [-0.2, -0.15) is 0 Å². The summed E-state index contributed by atoms with van der Waals surface area (Å²) in [6.45, 7) is 5.81. The number of halogens is 1. The van der Waals surface area contributed by atoms with Crippen LogP contribution in [0.1, 0.15) is 51.6 Å². The summed E-state index contributed by atoms with van der Waals surface area (Å²) in [4.78, 5) is 38.7. The molecule has 1 heterocycles. The number of imide groups is 1. The minimum atomic E-state index is -0.557. The molecule has 0 aliphatic carbocycles. The molecule has 0 N–H and O–H groups in total. The van der Waals surface area contributed by atoms with E-state index < -0.39 is 5.97 Å². The van der Waals surface area contributed by atoms with Gasteiger partial charge in [-0.05, 0) is 72.5 Å². The summed E-state index contributed by atoms with van der Waals surface area (Å²) in [5, 5.41) is 0. The number of hydrogen-bond acceptors (Lipinski definition) is 5. The number of rotatable bonds is 6. The number of esters is 1. The maximum Gasteiger partial charge on any atom is 0.349 e. The molecule has 0 spiro atoms. The molecule has 0 unspecified atom stereocenters. The largest absolute Gasteiger partial charge is 0.482 e. The predicted octanol–water partition coefficient (Wildman–Crippen LogP) is 5.67. The molecule has 1 aliphatic heterocycles. The zero-order valence-corrected chi connectivity index (χ0v) is 20.0. The summed E-state index contributed by atoms with van der Waals surface area (Å²) < 4.78 is 12.1. The van der Waals surface area contributed by atoms with Crippen molar-refractivity contribution >= 4 is 39.4 Å². The normalized spacial score (nSPS) is 12.8. The Balaban J connectivity index is 1.41. The van der Waals surface area contributed by atoms with E-state index in [4.69, 9.17) is 9.47 Å². The van der Waals surface area contributed by atoms with Gasteiger partial charge < -0.3 is 9.47 Å². The lowest BCUT2D eigenvalue weighted by Crippen LogP contribution is -2.29. The van der Waals surface area contributed by atoms with Crippen LogP contribution >= 0.6 is 15.9 Å². The highest BCUT2D eigenvalue weighted by Gasteiger charge is 2.36. The van der Waals surface area contributed by atoms with E-state index in [2.05, 4.69) is 29.8 Å². The van der Waals surface area contributed by atoms with Gasteiger partial charge in [0.1, 0.15) is 11.5 Å². The second kappa shape index (κ2) is 9.19. The Morgan fingerprint density at radius 2 is 1.58 bits per heavy atom. The van der Waals surface area contributed by atoms with Crippen molar-refractivity contribution in [2.75, 3.05) is 11.5 Å². The Labute approximate surface area is 200 Å². The van der Waals surface area contributed by atoms with Crippen molar-refractivity contribution in [2.45, 2.75) is 26.7 Å². The summed E-state index contributed by atoms with van der Waals surface area (Å²) in [5.41, 5.74) is 3.15. The van der Waals surface area contributed by atoms with Gasteiger partial charge in [-0.1, -0.05) is 41.9 Å². The number of aryl methyl sites for hydroxylation is 1. The van der Waals surface area contributed by atoms with E-state index >= 15 is 0 Å². The van der Waals surface area contributed by atoms with E-state index in [1.54, 1.807) is 48.5 Å². The van der Waals surface area contributed by atoms with Crippen molar-refractivity contribution in [2.24, 2.45) is 0 Å². The summed E-state index contributed by atoms with van der Waals surface area (Å²) in [5.74, 6) is -0.149. The van der Waals surface area contributed by atoms with Crippen molar-refractivity contribution in [3.8, 4) is 11.5 Å². The third-order valence-corrected chi connectivity index (χ3v) is 6.23. The molecule has 1 aliphatic rings. The maximum absolute atomic E-state index is 12.6. The number of amides is 2. The van der Waals surface area contributed by atoms with E-state index in [0.29, 0.717) is 28.3 Å². The Hall–Kier alpha value is -3.45. The average molecular weight is 508 g/mol. The first-order chi connectivity index (χ1) is 15.8. The van der Waals surface area contributed by atoms with Crippen LogP contribution in [-0.2, 0) is 4.79 Å². The number of nitrogens with zero attached hydrogens (tertiary/aromatic N) is 1. The maximum atomic E-state index is 12.6. The summed E-state index contributed by atoms with van der Waals surface area (Å²) >= 11 is 3.53. The minimum absolute atomic E-state index is 0.225. The number of hydrogen-bond donors (Lipinski definition) is 0. The van der Waals surface area contributed by atoms with Crippen LogP contribution in [0.4, 0.5) is 5.69 Å². The Morgan fingerprint density at radius 1 is 0.970 bits per heavy atom. The smallest absolute Gasteiger partial charge is 0.349 e. The summed E-state index contributed by atoms with van der Waals surface area (Å²) in [6, 6.07) is 16.8. The lowest BCUT2D eigenvalue weighted by atomic mass is 10.0. The molecule has 168 valence electrons. The Bertz CT molecular complexity index is 1220. The average Bonchev–Trinajstić information content (AvgIpc) is 3.05. The van der Waals surface area contributed by atoms with E-state index in [1.807, 2.05) is 19.1 Å². The molecule has 0 fully saturated rings. The second-order valence-corrected chi connectivity index (χ2v) is 8.90. The highest BCUT2D eigenvalue weighted by Crippen LogP contribution is 2.32. The number of fused-ring (bicyclic) bond motifs is 1. The zero-order valence-electron chi connectivity index (χ0n) is 18.4. The molecule has 33 heavy (non-hydrogen) atoms. The van der Waals surface area contributed by atoms with Gasteiger partial charge in [0.2, 0.25) is 0 Å². The SMILES string of the molecule is Cc1cc(OCC(=O)Oc2ccc(N3C(=O)c4ccccc4C3=O)cc2)c(C(C)C)cc1Br.